The molecule has 3 aliphatic carbocycles. The van der Waals surface area contributed by atoms with Crippen molar-refractivity contribution in [1.29, 1.82) is 0 Å². The van der Waals surface area contributed by atoms with Crippen molar-refractivity contribution >= 4 is 0 Å². The van der Waals surface area contributed by atoms with Gasteiger partial charge in [-0.3, -0.25) is 0 Å². The molecule has 4 rings (SSSR count). The molecule has 0 radical (unpaired) electrons. The van der Waals surface area contributed by atoms with Gasteiger partial charge in [0.1, 0.15) is 5.75 Å². The molecule has 5 unspecified atom stereocenters. The van der Waals surface area contributed by atoms with Crippen LogP contribution in [-0.4, -0.2) is 17.3 Å². The third-order valence-electron chi connectivity index (χ3n) is 7.57. The van der Waals surface area contributed by atoms with Gasteiger partial charge in [0.25, 0.3) is 0 Å². The van der Waals surface area contributed by atoms with E-state index in [1.807, 2.05) is 6.92 Å². The van der Waals surface area contributed by atoms with Gasteiger partial charge < -0.3 is 9.84 Å². The lowest BCUT2D eigenvalue weighted by molar-refractivity contribution is -0.0901. The van der Waals surface area contributed by atoms with E-state index in [4.69, 9.17) is 4.74 Å². The number of rotatable bonds is 2. The summed E-state index contributed by atoms with van der Waals surface area (Å²) >= 11 is 0. The number of benzene rings is 1. The van der Waals surface area contributed by atoms with Crippen molar-refractivity contribution < 1.29 is 9.84 Å². The fraction of sp³-hybridized carbons (Fsp3) is 0.714. The van der Waals surface area contributed by atoms with Gasteiger partial charge >= 0.3 is 0 Å². The fourth-order valence-corrected chi connectivity index (χ4v) is 6.06. The van der Waals surface area contributed by atoms with Gasteiger partial charge in [0.05, 0.1) is 12.2 Å². The summed E-state index contributed by atoms with van der Waals surface area (Å²) in [6, 6.07) is 6.75. The molecule has 3 aliphatic rings. The van der Waals surface area contributed by atoms with Crippen molar-refractivity contribution in [2.75, 3.05) is 6.61 Å². The van der Waals surface area contributed by atoms with Gasteiger partial charge in [0.15, 0.2) is 0 Å². The van der Waals surface area contributed by atoms with Crippen LogP contribution in [0.4, 0.5) is 0 Å². The van der Waals surface area contributed by atoms with Crippen molar-refractivity contribution in [1.82, 2.24) is 0 Å². The van der Waals surface area contributed by atoms with Gasteiger partial charge in [0, 0.05) is 0 Å². The Morgan fingerprint density at radius 2 is 2.00 bits per heavy atom. The van der Waals surface area contributed by atoms with Crippen LogP contribution in [0, 0.1) is 17.3 Å². The van der Waals surface area contributed by atoms with Gasteiger partial charge in [-0.15, -0.1) is 0 Å². The highest BCUT2D eigenvalue weighted by Gasteiger charge is 2.59. The molecule has 0 aliphatic heterocycles. The van der Waals surface area contributed by atoms with Crippen LogP contribution in [0.25, 0.3) is 0 Å². The van der Waals surface area contributed by atoms with Crippen molar-refractivity contribution in [3.8, 4) is 5.75 Å². The Hall–Kier alpha value is -1.02. The number of hydrogen-bond donors (Lipinski definition) is 1. The zero-order valence-electron chi connectivity index (χ0n) is 14.8. The lowest BCUT2D eigenvalue weighted by Crippen LogP contribution is -2.49. The second kappa shape index (κ2) is 5.24. The molecule has 1 N–H and O–H groups in total. The largest absolute Gasteiger partial charge is 0.494 e. The Kier molecular flexibility index (Phi) is 3.53. The van der Waals surface area contributed by atoms with E-state index in [0.717, 1.165) is 24.7 Å². The summed E-state index contributed by atoms with van der Waals surface area (Å²) in [5.41, 5.74) is 2.72. The third kappa shape index (κ3) is 2.17. The minimum Gasteiger partial charge on any atom is -0.494 e. The standard InChI is InChI=1S/C21H30O2/c1-4-23-15-6-8-16-14(13-15)5-7-18-17(16)9-11-20(2)19(18)10-12-21(20,3)22/h6,8,13,17-19,22H,4-5,7,9-12H2,1-3H3. The summed E-state index contributed by atoms with van der Waals surface area (Å²) in [6.45, 7) is 7.22. The highest BCUT2D eigenvalue weighted by molar-refractivity contribution is 5.40. The number of aryl methyl sites for hydroxylation is 1. The lowest BCUT2D eigenvalue weighted by atomic mass is 9.53. The van der Waals surface area contributed by atoms with Crippen LogP contribution >= 0.6 is 0 Å². The van der Waals surface area contributed by atoms with E-state index < -0.39 is 5.60 Å². The first-order valence-electron chi connectivity index (χ1n) is 9.44. The second-order valence-corrected chi connectivity index (χ2v) is 8.48. The zero-order valence-corrected chi connectivity index (χ0v) is 14.8. The van der Waals surface area contributed by atoms with Crippen LogP contribution in [0.5, 0.6) is 5.75 Å². The molecule has 1 aromatic carbocycles. The SMILES string of the molecule is CCOc1ccc2c(c1)CCC1C2CCC2(C)C1CCC2(C)O. The van der Waals surface area contributed by atoms with E-state index >= 15 is 0 Å². The Morgan fingerprint density at radius 1 is 1.17 bits per heavy atom. The highest BCUT2D eigenvalue weighted by atomic mass is 16.5. The van der Waals surface area contributed by atoms with Crippen LogP contribution in [0.3, 0.4) is 0 Å². The van der Waals surface area contributed by atoms with Crippen LogP contribution in [0.2, 0.25) is 0 Å². The predicted molar refractivity (Wildman–Crippen MR) is 92.9 cm³/mol. The van der Waals surface area contributed by atoms with E-state index in [0.29, 0.717) is 11.8 Å². The van der Waals surface area contributed by atoms with Gasteiger partial charge in [-0.2, -0.15) is 0 Å². The van der Waals surface area contributed by atoms with Crippen LogP contribution in [-0.2, 0) is 6.42 Å². The second-order valence-electron chi connectivity index (χ2n) is 8.48. The summed E-state index contributed by atoms with van der Waals surface area (Å²) in [6.07, 6.45) is 7.04. The smallest absolute Gasteiger partial charge is 0.119 e. The molecular formula is C21H30O2. The molecule has 0 spiro atoms. The molecule has 1 aromatic rings. The van der Waals surface area contributed by atoms with Crippen LogP contribution in [0.1, 0.15) is 69.9 Å². The summed E-state index contributed by atoms with van der Waals surface area (Å²) in [5, 5.41) is 10.9. The molecule has 0 aromatic heterocycles. The van der Waals surface area contributed by atoms with Crippen molar-refractivity contribution in [3.05, 3.63) is 29.3 Å². The number of fused-ring (bicyclic) bond motifs is 5. The minimum atomic E-state index is -0.470. The summed E-state index contributed by atoms with van der Waals surface area (Å²) in [5.74, 6) is 3.17. The highest BCUT2D eigenvalue weighted by Crippen LogP contribution is 2.64. The minimum absolute atomic E-state index is 0.122. The Morgan fingerprint density at radius 3 is 2.78 bits per heavy atom. The predicted octanol–water partition coefficient (Wildman–Crippen LogP) is 4.69. The van der Waals surface area contributed by atoms with Crippen molar-refractivity contribution in [2.24, 2.45) is 17.3 Å². The Bertz CT molecular complexity index is 606. The molecule has 0 amide bonds. The molecule has 0 saturated heterocycles. The number of hydrogen-bond acceptors (Lipinski definition) is 2. The summed E-state index contributed by atoms with van der Waals surface area (Å²) in [4.78, 5) is 0. The summed E-state index contributed by atoms with van der Waals surface area (Å²) < 4.78 is 5.69. The molecule has 0 heterocycles. The van der Waals surface area contributed by atoms with Crippen LogP contribution < -0.4 is 4.74 Å². The average molecular weight is 314 g/mol. The zero-order chi connectivity index (χ0) is 16.2. The number of aliphatic hydroxyl groups is 1. The van der Waals surface area contributed by atoms with Gasteiger partial charge in [-0.25, -0.2) is 0 Å². The van der Waals surface area contributed by atoms with E-state index in [2.05, 4.69) is 32.0 Å². The maximum absolute atomic E-state index is 10.9. The average Bonchev–Trinajstić information content (AvgIpc) is 2.77. The summed E-state index contributed by atoms with van der Waals surface area (Å²) in [7, 11) is 0. The first kappa shape index (κ1) is 15.5. The van der Waals surface area contributed by atoms with Gasteiger partial charge in [0.2, 0.25) is 0 Å². The van der Waals surface area contributed by atoms with Crippen LogP contribution in [0.15, 0.2) is 18.2 Å². The quantitative estimate of drug-likeness (QED) is 0.858. The van der Waals surface area contributed by atoms with Gasteiger partial charge in [-0.05, 0) is 98.8 Å². The van der Waals surface area contributed by atoms with Crippen molar-refractivity contribution in [2.45, 2.75) is 70.8 Å². The molecule has 126 valence electrons. The molecule has 5 atom stereocenters. The van der Waals surface area contributed by atoms with E-state index in [9.17, 15) is 5.11 Å². The Labute approximate surface area is 140 Å². The first-order valence-corrected chi connectivity index (χ1v) is 9.44. The first-order chi connectivity index (χ1) is 11.0. The lowest BCUT2D eigenvalue weighted by Gasteiger charge is -2.52. The number of ether oxygens (including phenoxy) is 1. The maximum Gasteiger partial charge on any atom is 0.119 e. The Balaban J connectivity index is 1.65. The van der Waals surface area contributed by atoms with E-state index in [1.165, 1.54) is 37.7 Å². The van der Waals surface area contributed by atoms with E-state index in [-0.39, 0.29) is 5.41 Å². The van der Waals surface area contributed by atoms with Gasteiger partial charge in [-0.1, -0.05) is 13.0 Å². The maximum atomic E-state index is 10.9. The molecule has 2 fully saturated rings. The third-order valence-corrected chi connectivity index (χ3v) is 7.57. The molecule has 2 heteroatoms. The molecule has 2 nitrogen and oxygen atoms in total. The normalized spacial score (nSPS) is 41.8. The molecule has 0 bridgehead atoms. The molecule has 2 saturated carbocycles. The molecular weight excluding hydrogens is 284 g/mol. The van der Waals surface area contributed by atoms with Crippen molar-refractivity contribution in [3.63, 3.8) is 0 Å². The van der Waals surface area contributed by atoms with E-state index in [1.54, 1.807) is 5.56 Å². The fourth-order valence-electron chi connectivity index (χ4n) is 6.06. The molecule has 23 heavy (non-hydrogen) atoms. The monoisotopic (exact) mass is 314 g/mol. The topological polar surface area (TPSA) is 29.5 Å².